The van der Waals surface area contributed by atoms with Crippen LogP contribution in [0.3, 0.4) is 0 Å². The molecule has 1 amide bonds. The molecule has 0 spiro atoms. The van der Waals surface area contributed by atoms with E-state index in [2.05, 4.69) is 16.8 Å². The number of rotatable bonds is 13. The maximum absolute atomic E-state index is 13.8. The Bertz CT molecular complexity index is 1770. The zero-order chi connectivity index (χ0) is 31.8. The second-order valence-electron chi connectivity index (χ2n) is 10.8. The zero-order valence-corrected chi connectivity index (χ0v) is 24.9. The summed E-state index contributed by atoms with van der Waals surface area (Å²) in [6, 6.07) is 27.4. The van der Waals surface area contributed by atoms with Gasteiger partial charge >= 0.3 is 5.97 Å². The molecule has 45 heavy (non-hydrogen) atoms. The highest BCUT2D eigenvalue weighted by molar-refractivity contribution is 6.05. The van der Waals surface area contributed by atoms with Gasteiger partial charge in [0.1, 0.15) is 17.4 Å². The number of carbonyl (C=O) groups excluding carboxylic acids is 1. The number of aliphatic carboxylic acids is 1. The lowest BCUT2D eigenvalue weighted by atomic mass is 9.97. The summed E-state index contributed by atoms with van der Waals surface area (Å²) >= 11 is 0. The van der Waals surface area contributed by atoms with Crippen molar-refractivity contribution in [2.45, 2.75) is 38.6 Å². The highest BCUT2D eigenvalue weighted by Crippen LogP contribution is 2.33. The molecule has 230 valence electrons. The number of hydrogen-bond donors (Lipinski definition) is 2. The molecule has 1 heterocycles. The van der Waals surface area contributed by atoms with Crippen molar-refractivity contribution >= 4 is 34.0 Å². The molecule has 0 fully saturated rings. The molecule has 4 aromatic carbocycles. The SMILES string of the molecule is CCC/C(=C/C(=O)Nc1ccccc1OCCCC(=O)O)c1ccc2c(ccn2C(c2ccc(F)cc2)c2ccc(F)cc2)c1. The molecule has 8 heteroatoms. The number of halogens is 2. The Balaban J connectivity index is 1.42. The molecule has 5 rings (SSSR count). The number of ether oxygens (including phenoxy) is 1. The first-order chi connectivity index (χ1) is 21.8. The van der Waals surface area contributed by atoms with Crippen molar-refractivity contribution in [1.29, 1.82) is 0 Å². The Morgan fingerprint density at radius 3 is 2.20 bits per heavy atom. The largest absolute Gasteiger partial charge is 0.491 e. The van der Waals surface area contributed by atoms with Crippen molar-refractivity contribution in [3.8, 4) is 5.75 Å². The number of nitrogens with zero attached hydrogens (tertiary/aromatic N) is 1. The van der Waals surface area contributed by atoms with Crippen LogP contribution in [-0.2, 0) is 9.59 Å². The van der Waals surface area contributed by atoms with E-state index in [0.717, 1.165) is 39.6 Å². The number of fused-ring (bicyclic) bond motifs is 1. The molecule has 6 nitrogen and oxygen atoms in total. The minimum absolute atomic E-state index is 0.00447. The number of aromatic nitrogens is 1. The Kier molecular flexibility index (Phi) is 10.0. The summed E-state index contributed by atoms with van der Waals surface area (Å²) in [5.74, 6) is -1.37. The molecule has 0 atom stereocenters. The van der Waals surface area contributed by atoms with Crippen LogP contribution in [0.2, 0.25) is 0 Å². The first-order valence-corrected chi connectivity index (χ1v) is 14.9. The molecule has 1 aromatic heterocycles. The Morgan fingerprint density at radius 1 is 0.889 bits per heavy atom. The van der Waals surface area contributed by atoms with Gasteiger partial charge in [0.05, 0.1) is 18.3 Å². The van der Waals surface area contributed by atoms with Crippen LogP contribution in [0.5, 0.6) is 5.75 Å². The third kappa shape index (κ3) is 7.84. The van der Waals surface area contributed by atoms with Crippen LogP contribution in [-0.4, -0.2) is 28.2 Å². The standard InChI is InChI=1S/C37H34F2N2O4/c1-2-6-27(24-35(42)40-32-7-3-4-8-34(32)45-22-5-9-36(43)44)28-14-19-33-29(23-28)20-21-41(33)37(25-10-15-30(38)16-11-25)26-12-17-31(39)18-13-26/h3-4,7-8,10-21,23-24,37H,2,5-6,9,22H2,1H3,(H,40,42)(H,43,44)/b27-24-. The van der Waals surface area contributed by atoms with Crippen LogP contribution in [0.15, 0.2) is 109 Å². The van der Waals surface area contributed by atoms with Gasteiger partial charge in [-0.3, -0.25) is 9.59 Å². The van der Waals surface area contributed by atoms with E-state index in [1.54, 1.807) is 54.6 Å². The minimum Gasteiger partial charge on any atom is -0.491 e. The van der Waals surface area contributed by atoms with Crippen molar-refractivity contribution in [3.05, 3.63) is 138 Å². The van der Waals surface area contributed by atoms with Gasteiger partial charge in [-0.25, -0.2) is 8.78 Å². The zero-order valence-electron chi connectivity index (χ0n) is 24.9. The van der Waals surface area contributed by atoms with Gasteiger partial charge < -0.3 is 19.7 Å². The lowest BCUT2D eigenvalue weighted by Crippen LogP contribution is -2.12. The summed E-state index contributed by atoms with van der Waals surface area (Å²) < 4.78 is 35.4. The number of benzene rings is 4. The van der Waals surface area contributed by atoms with E-state index in [1.807, 2.05) is 30.5 Å². The Morgan fingerprint density at radius 2 is 1.56 bits per heavy atom. The number of carboxylic acid groups (broad SMARTS) is 1. The Hall–Kier alpha value is -5.24. The number of para-hydroxylation sites is 2. The molecule has 0 aliphatic heterocycles. The van der Waals surface area contributed by atoms with Gasteiger partial charge in [-0.2, -0.15) is 0 Å². The van der Waals surface area contributed by atoms with E-state index in [0.29, 0.717) is 24.3 Å². The maximum atomic E-state index is 13.8. The predicted molar refractivity (Wildman–Crippen MR) is 172 cm³/mol. The van der Waals surface area contributed by atoms with Gasteiger partial charge in [-0.05, 0) is 89.7 Å². The molecular formula is C37H34F2N2O4. The number of anilines is 1. The van der Waals surface area contributed by atoms with Gasteiger partial charge in [0.25, 0.3) is 0 Å². The van der Waals surface area contributed by atoms with E-state index in [-0.39, 0.29) is 36.6 Å². The third-order valence-electron chi connectivity index (χ3n) is 7.50. The van der Waals surface area contributed by atoms with Crippen LogP contribution in [0, 0.1) is 11.6 Å². The third-order valence-corrected chi connectivity index (χ3v) is 7.50. The summed E-state index contributed by atoms with van der Waals surface area (Å²) in [6.45, 7) is 2.27. The lowest BCUT2D eigenvalue weighted by molar-refractivity contribution is -0.137. The average Bonchev–Trinajstić information content (AvgIpc) is 3.44. The van der Waals surface area contributed by atoms with Crippen molar-refractivity contribution in [2.75, 3.05) is 11.9 Å². The topological polar surface area (TPSA) is 80.6 Å². The van der Waals surface area contributed by atoms with Gasteiger partial charge in [0, 0.05) is 29.6 Å². The van der Waals surface area contributed by atoms with Crippen LogP contribution in [0.4, 0.5) is 14.5 Å². The number of hydrogen-bond acceptors (Lipinski definition) is 3. The van der Waals surface area contributed by atoms with Crippen LogP contribution in [0.25, 0.3) is 16.5 Å². The summed E-state index contributed by atoms with van der Waals surface area (Å²) in [6.07, 6.45) is 5.44. The minimum atomic E-state index is -0.885. The summed E-state index contributed by atoms with van der Waals surface area (Å²) in [5.41, 5.74) is 4.95. The molecule has 0 radical (unpaired) electrons. The van der Waals surface area contributed by atoms with Crippen LogP contribution < -0.4 is 10.1 Å². The van der Waals surface area contributed by atoms with Crippen LogP contribution in [0.1, 0.15) is 55.3 Å². The fourth-order valence-corrected chi connectivity index (χ4v) is 5.39. The number of allylic oxidation sites excluding steroid dienone is 1. The smallest absolute Gasteiger partial charge is 0.303 e. The number of carboxylic acids is 1. The summed E-state index contributed by atoms with van der Waals surface area (Å²) in [7, 11) is 0. The second kappa shape index (κ2) is 14.5. The number of nitrogens with one attached hydrogen (secondary N) is 1. The summed E-state index contributed by atoms with van der Waals surface area (Å²) in [5, 5.41) is 12.7. The van der Waals surface area contributed by atoms with E-state index >= 15 is 0 Å². The first-order valence-electron chi connectivity index (χ1n) is 14.9. The monoisotopic (exact) mass is 608 g/mol. The number of amides is 1. The highest BCUT2D eigenvalue weighted by atomic mass is 19.1. The van der Waals surface area contributed by atoms with Gasteiger partial charge in [-0.1, -0.05) is 55.8 Å². The number of carbonyl (C=O) groups is 2. The van der Waals surface area contributed by atoms with Crippen LogP contribution >= 0.6 is 0 Å². The predicted octanol–water partition coefficient (Wildman–Crippen LogP) is 8.62. The molecule has 5 aromatic rings. The fraction of sp³-hybridized carbons (Fsp3) is 0.189. The second-order valence-corrected chi connectivity index (χ2v) is 10.8. The fourth-order valence-electron chi connectivity index (χ4n) is 5.39. The van der Waals surface area contributed by atoms with Crippen molar-refractivity contribution in [1.82, 2.24) is 4.57 Å². The molecule has 0 saturated heterocycles. The molecule has 0 aliphatic rings. The van der Waals surface area contributed by atoms with Gasteiger partial charge in [-0.15, -0.1) is 0 Å². The van der Waals surface area contributed by atoms with E-state index in [1.165, 1.54) is 24.3 Å². The molecule has 0 saturated carbocycles. The molecule has 2 N–H and O–H groups in total. The summed E-state index contributed by atoms with van der Waals surface area (Å²) in [4.78, 5) is 24.0. The van der Waals surface area contributed by atoms with Crippen molar-refractivity contribution in [2.24, 2.45) is 0 Å². The maximum Gasteiger partial charge on any atom is 0.303 e. The average molecular weight is 609 g/mol. The van der Waals surface area contributed by atoms with E-state index < -0.39 is 5.97 Å². The molecule has 0 bridgehead atoms. The quantitative estimate of drug-likeness (QED) is 0.104. The lowest BCUT2D eigenvalue weighted by Gasteiger charge is -2.22. The van der Waals surface area contributed by atoms with E-state index in [4.69, 9.17) is 9.84 Å². The van der Waals surface area contributed by atoms with Crippen molar-refractivity contribution < 1.29 is 28.2 Å². The molecular weight excluding hydrogens is 574 g/mol. The normalized spacial score (nSPS) is 11.6. The Labute approximate surface area is 260 Å². The molecule has 0 unspecified atom stereocenters. The highest BCUT2D eigenvalue weighted by Gasteiger charge is 2.19. The van der Waals surface area contributed by atoms with Gasteiger partial charge in [0.2, 0.25) is 5.91 Å². The van der Waals surface area contributed by atoms with Crippen molar-refractivity contribution in [3.63, 3.8) is 0 Å². The first kappa shape index (κ1) is 31.2. The van der Waals surface area contributed by atoms with Gasteiger partial charge in [0.15, 0.2) is 0 Å². The molecule has 0 aliphatic carbocycles. The van der Waals surface area contributed by atoms with E-state index in [9.17, 15) is 18.4 Å².